The van der Waals surface area contributed by atoms with Crippen molar-refractivity contribution in [3.8, 4) is 5.75 Å². The van der Waals surface area contributed by atoms with Crippen molar-refractivity contribution >= 4 is 0 Å². The maximum atomic E-state index is 5.59. The Labute approximate surface area is 108 Å². The minimum Gasteiger partial charge on any atom is -0.497 e. The van der Waals surface area contributed by atoms with Crippen LogP contribution in [-0.4, -0.2) is 38.4 Å². The molecule has 0 amide bonds. The third-order valence-electron chi connectivity index (χ3n) is 4.13. The molecule has 3 rings (SSSR count). The Morgan fingerprint density at radius 1 is 1.33 bits per heavy atom. The molecule has 1 aromatic carbocycles. The van der Waals surface area contributed by atoms with E-state index in [0.29, 0.717) is 18.0 Å². The van der Waals surface area contributed by atoms with Crippen LogP contribution in [-0.2, 0) is 4.84 Å². The minimum absolute atomic E-state index is 0.418. The van der Waals surface area contributed by atoms with E-state index in [9.17, 15) is 0 Å². The largest absolute Gasteiger partial charge is 0.497 e. The van der Waals surface area contributed by atoms with Gasteiger partial charge in [-0.05, 0) is 24.1 Å². The number of fused-ring (bicyclic) bond motifs is 1. The van der Waals surface area contributed by atoms with Gasteiger partial charge in [0, 0.05) is 31.6 Å². The molecule has 0 aliphatic carbocycles. The second-order valence-electron chi connectivity index (χ2n) is 5.14. The number of nitrogens with zero attached hydrogens (tertiary/aromatic N) is 1. The number of hydroxylamine groups is 2. The van der Waals surface area contributed by atoms with Gasteiger partial charge >= 0.3 is 0 Å². The molecule has 18 heavy (non-hydrogen) atoms. The van der Waals surface area contributed by atoms with Crippen molar-refractivity contribution in [2.45, 2.75) is 18.5 Å². The summed E-state index contributed by atoms with van der Waals surface area (Å²) in [6.07, 6.45) is 1.10. The van der Waals surface area contributed by atoms with E-state index in [1.165, 1.54) is 5.56 Å². The van der Waals surface area contributed by atoms with Crippen LogP contribution in [0.15, 0.2) is 24.3 Å². The average Bonchev–Trinajstić information content (AvgIpc) is 2.80. The van der Waals surface area contributed by atoms with Crippen LogP contribution in [0.3, 0.4) is 0 Å². The zero-order valence-corrected chi connectivity index (χ0v) is 10.9. The maximum Gasteiger partial charge on any atom is 0.118 e. The molecule has 0 saturated carbocycles. The Bertz CT molecular complexity index is 407. The van der Waals surface area contributed by atoms with Crippen LogP contribution in [0, 0.1) is 5.92 Å². The number of benzene rings is 1. The topological polar surface area (TPSA) is 33.7 Å². The number of rotatable bonds is 2. The van der Waals surface area contributed by atoms with Gasteiger partial charge in [-0.25, -0.2) is 0 Å². The van der Waals surface area contributed by atoms with Gasteiger partial charge in [-0.3, -0.25) is 4.84 Å². The fourth-order valence-corrected chi connectivity index (χ4v) is 2.96. The van der Waals surface area contributed by atoms with Crippen LogP contribution >= 0.6 is 0 Å². The Morgan fingerprint density at radius 2 is 2.11 bits per heavy atom. The van der Waals surface area contributed by atoms with Gasteiger partial charge in [0.2, 0.25) is 0 Å². The standard InChI is InChI=1S/C14H20N2O2/c1-16-14-7-13(15-8-11(14)9-18-16)10-3-5-12(17-2)6-4-10/h3-6,11,13-15H,7-9H2,1-2H3/t11-,13-,14-/m0/s1. The zero-order chi connectivity index (χ0) is 12.5. The van der Waals surface area contributed by atoms with Crippen LogP contribution in [0.1, 0.15) is 18.0 Å². The number of hydrogen-bond acceptors (Lipinski definition) is 4. The first-order valence-electron chi connectivity index (χ1n) is 6.51. The molecule has 0 bridgehead atoms. The molecule has 3 atom stereocenters. The third kappa shape index (κ3) is 2.11. The monoisotopic (exact) mass is 248 g/mol. The average molecular weight is 248 g/mol. The molecule has 4 nitrogen and oxygen atoms in total. The van der Waals surface area contributed by atoms with Gasteiger partial charge in [0.25, 0.3) is 0 Å². The molecule has 2 fully saturated rings. The van der Waals surface area contributed by atoms with Gasteiger partial charge in [-0.2, -0.15) is 5.06 Å². The molecule has 0 aromatic heterocycles. The highest BCUT2D eigenvalue weighted by Gasteiger charge is 2.38. The van der Waals surface area contributed by atoms with E-state index < -0.39 is 0 Å². The molecular formula is C14H20N2O2. The summed E-state index contributed by atoms with van der Waals surface area (Å²) in [5, 5.41) is 5.65. The normalized spacial score (nSPS) is 32.2. The predicted molar refractivity (Wildman–Crippen MR) is 69.3 cm³/mol. The molecule has 98 valence electrons. The number of piperidine rings is 1. The van der Waals surface area contributed by atoms with E-state index in [1.807, 2.05) is 24.2 Å². The molecule has 2 aliphatic heterocycles. The SMILES string of the molecule is COc1ccc([C@@H]2C[C@H]3[C@@H](CN2)CON3C)cc1. The van der Waals surface area contributed by atoms with Gasteiger partial charge in [0.1, 0.15) is 5.75 Å². The van der Waals surface area contributed by atoms with E-state index in [1.54, 1.807) is 7.11 Å². The number of hydrogen-bond donors (Lipinski definition) is 1. The van der Waals surface area contributed by atoms with Crippen molar-refractivity contribution in [1.29, 1.82) is 0 Å². The highest BCUT2D eigenvalue weighted by atomic mass is 16.7. The maximum absolute atomic E-state index is 5.59. The highest BCUT2D eigenvalue weighted by Crippen LogP contribution is 2.33. The summed E-state index contributed by atoms with van der Waals surface area (Å²) in [5.74, 6) is 1.54. The second-order valence-corrected chi connectivity index (χ2v) is 5.14. The van der Waals surface area contributed by atoms with Gasteiger partial charge in [-0.15, -0.1) is 0 Å². The number of methoxy groups -OCH3 is 1. The molecule has 2 heterocycles. The summed E-state index contributed by atoms with van der Waals surface area (Å²) in [4.78, 5) is 5.59. The van der Waals surface area contributed by atoms with Crippen molar-refractivity contribution in [2.75, 3.05) is 27.3 Å². The van der Waals surface area contributed by atoms with Crippen molar-refractivity contribution in [3.63, 3.8) is 0 Å². The number of nitrogens with one attached hydrogen (secondary N) is 1. The molecular weight excluding hydrogens is 228 g/mol. The quantitative estimate of drug-likeness (QED) is 0.862. The predicted octanol–water partition coefficient (Wildman–Crippen LogP) is 1.59. The highest BCUT2D eigenvalue weighted by molar-refractivity contribution is 5.29. The Balaban J connectivity index is 1.72. The van der Waals surface area contributed by atoms with Crippen LogP contribution in [0.25, 0.3) is 0 Å². The van der Waals surface area contributed by atoms with Gasteiger partial charge in [-0.1, -0.05) is 12.1 Å². The lowest BCUT2D eigenvalue weighted by molar-refractivity contribution is -0.112. The smallest absolute Gasteiger partial charge is 0.118 e. The van der Waals surface area contributed by atoms with Crippen molar-refractivity contribution in [1.82, 2.24) is 10.4 Å². The Hall–Kier alpha value is -1.10. The summed E-state index contributed by atoms with van der Waals surface area (Å²) in [6.45, 7) is 1.88. The number of ether oxygens (including phenoxy) is 1. The lowest BCUT2D eigenvalue weighted by Gasteiger charge is -2.34. The van der Waals surface area contributed by atoms with Crippen molar-refractivity contribution < 1.29 is 9.57 Å². The lowest BCUT2D eigenvalue weighted by Crippen LogP contribution is -2.44. The molecule has 1 aromatic rings. The fourth-order valence-electron chi connectivity index (χ4n) is 2.96. The molecule has 4 heteroatoms. The van der Waals surface area contributed by atoms with Gasteiger partial charge in [0.15, 0.2) is 0 Å². The molecule has 1 N–H and O–H groups in total. The van der Waals surface area contributed by atoms with E-state index >= 15 is 0 Å². The van der Waals surface area contributed by atoms with Crippen LogP contribution in [0.5, 0.6) is 5.75 Å². The van der Waals surface area contributed by atoms with Gasteiger partial charge < -0.3 is 10.1 Å². The first-order chi connectivity index (χ1) is 8.78. The van der Waals surface area contributed by atoms with E-state index in [4.69, 9.17) is 9.57 Å². The molecule has 2 aliphatic rings. The Kier molecular flexibility index (Phi) is 3.24. The van der Waals surface area contributed by atoms with Crippen LogP contribution in [0.4, 0.5) is 0 Å². The zero-order valence-electron chi connectivity index (χ0n) is 10.9. The van der Waals surface area contributed by atoms with E-state index in [2.05, 4.69) is 17.4 Å². The van der Waals surface area contributed by atoms with E-state index in [-0.39, 0.29) is 0 Å². The summed E-state index contributed by atoms with van der Waals surface area (Å²) < 4.78 is 5.19. The van der Waals surface area contributed by atoms with Crippen molar-refractivity contribution in [3.05, 3.63) is 29.8 Å². The van der Waals surface area contributed by atoms with Crippen molar-refractivity contribution in [2.24, 2.45) is 5.92 Å². The molecule has 0 spiro atoms. The molecule has 0 unspecified atom stereocenters. The third-order valence-corrected chi connectivity index (χ3v) is 4.13. The van der Waals surface area contributed by atoms with Gasteiger partial charge in [0.05, 0.1) is 13.7 Å². The first kappa shape index (κ1) is 12.0. The van der Waals surface area contributed by atoms with Crippen LogP contribution in [0.2, 0.25) is 0 Å². The summed E-state index contributed by atoms with van der Waals surface area (Å²) in [6, 6.07) is 9.30. The van der Waals surface area contributed by atoms with E-state index in [0.717, 1.165) is 25.3 Å². The summed E-state index contributed by atoms with van der Waals surface area (Å²) in [7, 11) is 3.74. The fraction of sp³-hybridized carbons (Fsp3) is 0.571. The molecule has 2 saturated heterocycles. The Morgan fingerprint density at radius 3 is 2.83 bits per heavy atom. The lowest BCUT2D eigenvalue weighted by atomic mass is 9.87. The first-order valence-corrected chi connectivity index (χ1v) is 6.51. The summed E-state index contributed by atoms with van der Waals surface area (Å²) in [5.41, 5.74) is 1.33. The van der Waals surface area contributed by atoms with Crippen LogP contribution < -0.4 is 10.1 Å². The molecule has 0 radical (unpaired) electrons. The summed E-state index contributed by atoms with van der Waals surface area (Å²) >= 11 is 0. The second kappa shape index (κ2) is 4.88. The minimum atomic E-state index is 0.418.